The van der Waals surface area contributed by atoms with E-state index in [-0.39, 0.29) is 17.9 Å². The van der Waals surface area contributed by atoms with Crippen LogP contribution in [-0.2, 0) is 0 Å². The Labute approximate surface area is 169 Å². The number of carbonyl (C=O) groups is 1. The third-order valence-electron chi connectivity index (χ3n) is 5.24. The Morgan fingerprint density at radius 1 is 1.32 bits per heavy atom. The number of hydrogen-bond donors (Lipinski definition) is 3. The molecule has 0 saturated heterocycles. The molecule has 1 amide bonds. The van der Waals surface area contributed by atoms with E-state index < -0.39 is 6.09 Å². The van der Waals surface area contributed by atoms with Gasteiger partial charge in [0.15, 0.2) is 0 Å². The van der Waals surface area contributed by atoms with Crippen LogP contribution in [0.1, 0.15) is 31.2 Å². The Morgan fingerprint density at radius 3 is 2.71 bits per heavy atom. The lowest BCUT2D eigenvalue weighted by atomic mass is 10.0. The van der Waals surface area contributed by atoms with Crippen LogP contribution in [0.3, 0.4) is 0 Å². The van der Waals surface area contributed by atoms with Crippen LogP contribution in [0.4, 0.5) is 10.5 Å². The normalized spacial score (nSPS) is 20.3. The maximum absolute atomic E-state index is 10.8. The van der Waals surface area contributed by atoms with Crippen molar-refractivity contribution in [3.63, 3.8) is 0 Å². The fourth-order valence-electron chi connectivity index (χ4n) is 3.42. The lowest BCUT2D eigenvalue weighted by molar-refractivity contribution is 0.210. The number of aromatic nitrogens is 3. The van der Waals surface area contributed by atoms with Gasteiger partial charge in [-0.1, -0.05) is 36.4 Å². The van der Waals surface area contributed by atoms with Crippen LogP contribution >= 0.6 is 12.4 Å². The molecule has 8 heteroatoms. The number of nitrogens with two attached hydrogens (primary N) is 1. The van der Waals surface area contributed by atoms with Gasteiger partial charge in [0.1, 0.15) is 5.69 Å². The average Bonchev–Trinajstić information content (AvgIpc) is 3.12. The van der Waals surface area contributed by atoms with Crippen LogP contribution in [-0.4, -0.2) is 31.7 Å². The molecule has 4 N–H and O–H groups in total. The van der Waals surface area contributed by atoms with Crippen molar-refractivity contribution in [3.05, 3.63) is 60.3 Å². The minimum absolute atomic E-state index is 0. The summed E-state index contributed by atoms with van der Waals surface area (Å²) in [4.78, 5) is 10.8. The maximum Gasteiger partial charge on any atom is 0.409 e. The Balaban J connectivity index is 0.00000225. The number of nitrogens with zero attached hydrogens (tertiary/aromatic N) is 3. The van der Waals surface area contributed by atoms with Crippen molar-refractivity contribution >= 4 is 24.2 Å². The lowest BCUT2D eigenvalue weighted by Gasteiger charge is -2.08. The Bertz CT molecular complexity index is 988. The molecule has 0 unspecified atom stereocenters. The number of halogens is 1. The molecule has 0 radical (unpaired) electrons. The van der Waals surface area contributed by atoms with Gasteiger partial charge in [0.05, 0.1) is 11.9 Å². The molecule has 7 nitrogen and oxygen atoms in total. The van der Waals surface area contributed by atoms with Crippen molar-refractivity contribution in [1.82, 2.24) is 15.0 Å². The average molecular weight is 400 g/mol. The molecule has 0 aliphatic heterocycles. The molecular formula is C20H22ClN5O2. The fourth-order valence-corrected chi connectivity index (χ4v) is 3.42. The van der Waals surface area contributed by atoms with Gasteiger partial charge in [-0.3, -0.25) is 5.32 Å². The molecular weight excluding hydrogens is 378 g/mol. The van der Waals surface area contributed by atoms with Gasteiger partial charge in [-0.15, -0.1) is 17.5 Å². The molecule has 1 saturated carbocycles. The number of amides is 1. The predicted octanol–water partition coefficient (Wildman–Crippen LogP) is 4.04. The van der Waals surface area contributed by atoms with Crippen molar-refractivity contribution < 1.29 is 9.90 Å². The van der Waals surface area contributed by atoms with Crippen molar-refractivity contribution in [2.75, 3.05) is 5.32 Å². The van der Waals surface area contributed by atoms with Gasteiger partial charge in [0.25, 0.3) is 0 Å². The first kappa shape index (κ1) is 19.9. The van der Waals surface area contributed by atoms with Crippen molar-refractivity contribution in [2.45, 2.75) is 31.2 Å². The number of benzene rings is 2. The quantitative estimate of drug-likeness (QED) is 0.600. The molecule has 3 aromatic rings. The van der Waals surface area contributed by atoms with Crippen LogP contribution in [0.25, 0.3) is 16.9 Å². The van der Waals surface area contributed by atoms with Crippen LogP contribution in [0.2, 0.25) is 0 Å². The van der Waals surface area contributed by atoms with Crippen molar-refractivity contribution in [2.24, 2.45) is 5.73 Å². The number of nitrogens with one attached hydrogen (secondary N) is 1. The Kier molecular flexibility index (Phi) is 5.40. The van der Waals surface area contributed by atoms with E-state index in [1.807, 2.05) is 24.4 Å². The molecule has 0 spiro atoms. The molecule has 4 rings (SSSR count). The van der Waals surface area contributed by atoms with E-state index in [1.54, 1.807) is 22.9 Å². The van der Waals surface area contributed by atoms with Crippen molar-refractivity contribution in [1.29, 1.82) is 0 Å². The second-order valence-corrected chi connectivity index (χ2v) is 6.99. The first-order valence-corrected chi connectivity index (χ1v) is 8.90. The van der Waals surface area contributed by atoms with Gasteiger partial charge in [-0.05, 0) is 42.7 Å². The zero-order chi connectivity index (χ0) is 19.0. The number of rotatable bonds is 5. The highest BCUT2D eigenvalue weighted by molar-refractivity contribution is 5.85. The predicted molar refractivity (Wildman–Crippen MR) is 110 cm³/mol. The van der Waals surface area contributed by atoms with Gasteiger partial charge >= 0.3 is 6.09 Å². The van der Waals surface area contributed by atoms with Gasteiger partial charge in [-0.2, -0.15) is 0 Å². The van der Waals surface area contributed by atoms with E-state index in [0.29, 0.717) is 17.3 Å². The van der Waals surface area contributed by atoms with Gasteiger partial charge in [-0.25, -0.2) is 9.48 Å². The monoisotopic (exact) mass is 399 g/mol. The molecule has 1 aromatic heterocycles. The molecule has 1 aliphatic rings. The minimum Gasteiger partial charge on any atom is -0.465 e. The highest BCUT2D eigenvalue weighted by atomic mass is 35.5. The summed E-state index contributed by atoms with van der Waals surface area (Å²) in [6.07, 6.45) is 2.75. The van der Waals surface area contributed by atoms with E-state index in [4.69, 9.17) is 10.8 Å². The van der Waals surface area contributed by atoms with Crippen LogP contribution < -0.4 is 11.1 Å². The molecule has 28 heavy (non-hydrogen) atoms. The third-order valence-corrected chi connectivity index (χ3v) is 5.24. The van der Waals surface area contributed by atoms with E-state index in [1.165, 1.54) is 5.56 Å². The van der Waals surface area contributed by atoms with Crippen LogP contribution in [0.15, 0.2) is 54.7 Å². The summed E-state index contributed by atoms with van der Waals surface area (Å²) in [5, 5.41) is 19.6. The Morgan fingerprint density at radius 2 is 2.07 bits per heavy atom. The summed E-state index contributed by atoms with van der Waals surface area (Å²) in [5.74, 6) is 0.437. The summed E-state index contributed by atoms with van der Waals surface area (Å²) in [7, 11) is 0. The second kappa shape index (κ2) is 7.61. The van der Waals surface area contributed by atoms with Crippen LogP contribution in [0.5, 0.6) is 0 Å². The molecule has 1 aliphatic carbocycles. The Hall–Kier alpha value is -2.90. The molecule has 1 heterocycles. The van der Waals surface area contributed by atoms with Crippen LogP contribution in [0, 0.1) is 0 Å². The van der Waals surface area contributed by atoms with E-state index in [2.05, 4.69) is 34.7 Å². The first-order chi connectivity index (χ1) is 13.0. The lowest BCUT2D eigenvalue weighted by Crippen LogP contribution is -2.22. The third kappa shape index (κ3) is 3.85. The summed E-state index contributed by atoms with van der Waals surface area (Å²) in [6.45, 7) is 2.13. The van der Waals surface area contributed by atoms with Gasteiger partial charge in [0.2, 0.25) is 0 Å². The largest absolute Gasteiger partial charge is 0.465 e. The molecule has 2 aromatic carbocycles. The highest BCUT2D eigenvalue weighted by Gasteiger charge is 2.49. The number of hydrogen-bond acceptors (Lipinski definition) is 4. The molecule has 1 fully saturated rings. The molecule has 2 atom stereocenters. The highest BCUT2D eigenvalue weighted by Crippen LogP contribution is 2.51. The van der Waals surface area contributed by atoms with E-state index >= 15 is 0 Å². The summed E-state index contributed by atoms with van der Waals surface area (Å²) < 4.78 is 1.71. The van der Waals surface area contributed by atoms with Gasteiger partial charge in [0, 0.05) is 22.7 Å². The number of carboxylic acid groups (broad SMARTS) is 1. The maximum atomic E-state index is 10.8. The minimum atomic E-state index is -1.10. The zero-order valence-corrected chi connectivity index (χ0v) is 16.2. The summed E-state index contributed by atoms with van der Waals surface area (Å²) in [6, 6.07) is 15.3. The molecule has 146 valence electrons. The fraction of sp³-hybridized carbons (Fsp3) is 0.250. The molecule has 0 bridgehead atoms. The summed E-state index contributed by atoms with van der Waals surface area (Å²) >= 11 is 0. The SMILES string of the molecule is CC[C@]1(N)C[C@H]1c1ccc(-n2cc(-c3cccc(NC(=O)O)c3)nn2)cc1.Cl. The second-order valence-electron chi connectivity index (χ2n) is 6.99. The standard InChI is InChI=1S/C20H21N5O2.ClH/c1-2-20(21)11-17(20)13-6-8-16(9-7-13)25-12-18(23-24-25)14-4-3-5-15(10-14)22-19(26)27;/h3-10,12,17,22H,2,11,21H2,1H3,(H,26,27);1H/t17-,20-;/m0./s1. The van der Waals surface area contributed by atoms with Crippen molar-refractivity contribution in [3.8, 4) is 16.9 Å². The first-order valence-electron chi connectivity index (χ1n) is 8.90. The van der Waals surface area contributed by atoms with Gasteiger partial charge < -0.3 is 10.8 Å². The smallest absolute Gasteiger partial charge is 0.409 e. The van der Waals surface area contributed by atoms with E-state index in [9.17, 15) is 4.79 Å². The summed E-state index contributed by atoms with van der Waals surface area (Å²) in [5.41, 5.74) is 10.4. The topological polar surface area (TPSA) is 106 Å². The zero-order valence-electron chi connectivity index (χ0n) is 15.4. The van der Waals surface area contributed by atoms with E-state index in [0.717, 1.165) is 24.1 Å². The number of anilines is 1.